The molecule has 0 fully saturated rings. The first-order chi connectivity index (χ1) is 16.8. The van der Waals surface area contributed by atoms with Crippen LogP contribution < -0.4 is 10.6 Å². The van der Waals surface area contributed by atoms with Crippen LogP contribution in [0.5, 0.6) is 0 Å². The SMILES string of the molecule is Cc1ccc(C)c(NC(=O)CS(=O)(=O)c2nnc(C(Cc3ccccc3)NC(=O)OC(C)(C)C)o2)c1. The molecule has 0 aliphatic carbocycles. The van der Waals surface area contributed by atoms with Gasteiger partial charge in [0.15, 0.2) is 0 Å². The van der Waals surface area contributed by atoms with Gasteiger partial charge in [-0.3, -0.25) is 4.79 Å². The van der Waals surface area contributed by atoms with E-state index in [0.717, 1.165) is 16.7 Å². The molecular weight excluding hydrogens is 484 g/mol. The van der Waals surface area contributed by atoms with E-state index in [2.05, 4.69) is 20.8 Å². The lowest BCUT2D eigenvalue weighted by atomic mass is 10.1. The Labute approximate surface area is 210 Å². The van der Waals surface area contributed by atoms with Crippen molar-refractivity contribution in [2.75, 3.05) is 11.1 Å². The van der Waals surface area contributed by atoms with Crippen molar-refractivity contribution in [3.05, 3.63) is 71.1 Å². The van der Waals surface area contributed by atoms with Crippen molar-refractivity contribution >= 4 is 27.5 Å². The molecule has 0 spiro atoms. The molecule has 0 aliphatic heterocycles. The molecule has 11 heteroatoms. The van der Waals surface area contributed by atoms with Gasteiger partial charge in [-0.1, -0.05) is 47.6 Å². The Morgan fingerprint density at radius 1 is 1.06 bits per heavy atom. The minimum absolute atomic E-state index is 0.127. The molecule has 36 heavy (non-hydrogen) atoms. The summed E-state index contributed by atoms with van der Waals surface area (Å²) in [5.74, 6) is -1.75. The quantitative estimate of drug-likeness (QED) is 0.461. The van der Waals surface area contributed by atoms with E-state index in [4.69, 9.17) is 9.15 Å². The van der Waals surface area contributed by atoms with Crippen LogP contribution in [-0.4, -0.2) is 42.0 Å². The van der Waals surface area contributed by atoms with Crippen LogP contribution in [-0.2, 0) is 25.8 Å². The number of carbonyl (C=O) groups is 2. The topological polar surface area (TPSA) is 140 Å². The van der Waals surface area contributed by atoms with Gasteiger partial charge in [0.1, 0.15) is 17.4 Å². The highest BCUT2D eigenvalue weighted by molar-refractivity contribution is 7.91. The molecule has 0 aliphatic rings. The van der Waals surface area contributed by atoms with Gasteiger partial charge in [-0.05, 0) is 57.4 Å². The molecule has 2 N–H and O–H groups in total. The van der Waals surface area contributed by atoms with E-state index in [0.29, 0.717) is 5.69 Å². The Morgan fingerprint density at radius 2 is 1.75 bits per heavy atom. The molecule has 0 radical (unpaired) electrons. The zero-order chi connectivity index (χ0) is 26.5. The molecule has 3 aromatic rings. The van der Waals surface area contributed by atoms with Crippen molar-refractivity contribution in [2.24, 2.45) is 0 Å². The molecule has 1 heterocycles. The number of anilines is 1. The summed E-state index contributed by atoms with van der Waals surface area (Å²) in [4.78, 5) is 24.9. The van der Waals surface area contributed by atoms with Gasteiger partial charge in [0.25, 0.3) is 0 Å². The standard InChI is InChI=1S/C25H30N4O6S/c1-16-11-12-17(2)19(13-16)26-21(30)15-36(32,33)24-29-28-22(34-24)20(14-18-9-7-6-8-10-18)27-23(31)35-25(3,4)5/h6-13,20H,14-15H2,1-5H3,(H,26,30)(H,27,31). The van der Waals surface area contributed by atoms with E-state index in [-0.39, 0.29) is 12.3 Å². The number of hydrogen-bond donors (Lipinski definition) is 2. The second kappa shape index (κ2) is 10.9. The molecular formula is C25H30N4O6S. The van der Waals surface area contributed by atoms with Gasteiger partial charge in [-0.15, -0.1) is 5.10 Å². The maximum atomic E-state index is 12.8. The zero-order valence-electron chi connectivity index (χ0n) is 20.9. The first-order valence-electron chi connectivity index (χ1n) is 11.3. The minimum atomic E-state index is -4.24. The zero-order valence-corrected chi connectivity index (χ0v) is 21.7. The van der Waals surface area contributed by atoms with Crippen LogP contribution in [0, 0.1) is 13.8 Å². The van der Waals surface area contributed by atoms with Crippen molar-refractivity contribution < 1.29 is 27.2 Å². The first kappa shape index (κ1) is 26.9. The smallest absolute Gasteiger partial charge is 0.408 e. The Bertz CT molecular complexity index is 1330. The Kier molecular flexibility index (Phi) is 8.13. The average Bonchev–Trinajstić information content (AvgIpc) is 3.26. The van der Waals surface area contributed by atoms with Gasteiger partial charge in [-0.2, -0.15) is 0 Å². The maximum Gasteiger partial charge on any atom is 0.408 e. The molecule has 3 rings (SSSR count). The lowest BCUT2D eigenvalue weighted by Gasteiger charge is -2.22. The normalized spacial score (nSPS) is 12.6. The molecule has 2 amide bonds. The van der Waals surface area contributed by atoms with Gasteiger partial charge in [-0.25, -0.2) is 13.2 Å². The molecule has 2 aromatic carbocycles. The van der Waals surface area contributed by atoms with Crippen molar-refractivity contribution in [1.82, 2.24) is 15.5 Å². The number of amides is 2. The fourth-order valence-corrected chi connectivity index (χ4v) is 4.20. The molecule has 0 bridgehead atoms. The van der Waals surface area contributed by atoms with Crippen molar-refractivity contribution in [1.29, 1.82) is 0 Å². The second-order valence-corrected chi connectivity index (χ2v) is 11.3. The van der Waals surface area contributed by atoms with E-state index in [1.54, 1.807) is 33.8 Å². The number of benzene rings is 2. The molecule has 10 nitrogen and oxygen atoms in total. The Balaban J connectivity index is 1.78. The van der Waals surface area contributed by atoms with Crippen LogP contribution in [0.2, 0.25) is 0 Å². The number of alkyl carbamates (subject to hydrolysis) is 1. The van der Waals surface area contributed by atoms with E-state index in [9.17, 15) is 18.0 Å². The number of nitrogens with one attached hydrogen (secondary N) is 2. The predicted octanol–water partition coefficient (Wildman–Crippen LogP) is 3.91. The van der Waals surface area contributed by atoms with Gasteiger partial charge in [0.05, 0.1) is 0 Å². The largest absolute Gasteiger partial charge is 0.444 e. The maximum absolute atomic E-state index is 12.8. The summed E-state index contributed by atoms with van der Waals surface area (Å²) < 4.78 is 36.4. The van der Waals surface area contributed by atoms with Crippen LogP contribution in [0.3, 0.4) is 0 Å². The van der Waals surface area contributed by atoms with E-state index < -0.39 is 44.5 Å². The van der Waals surface area contributed by atoms with Gasteiger partial charge < -0.3 is 19.8 Å². The van der Waals surface area contributed by atoms with Crippen LogP contribution in [0.1, 0.15) is 49.4 Å². The van der Waals surface area contributed by atoms with Gasteiger partial charge in [0, 0.05) is 12.1 Å². The molecule has 1 aromatic heterocycles. The van der Waals surface area contributed by atoms with Crippen LogP contribution >= 0.6 is 0 Å². The van der Waals surface area contributed by atoms with Crippen molar-refractivity contribution in [3.8, 4) is 0 Å². The summed E-state index contributed by atoms with van der Waals surface area (Å²) in [5.41, 5.74) is 2.33. The molecule has 1 unspecified atom stereocenters. The summed E-state index contributed by atoms with van der Waals surface area (Å²) in [6.45, 7) is 8.83. The Morgan fingerprint density at radius 3 is 2.42 bits per heavy atom. The summed E-state index contributed by atoms with van der Waals surface area (Å²) >= 11 is 0. The fraction of sp³-hybridized carbons (Fsp3) is 0.360. The summed E-state index contributed by atoms with van der Waals surface area (Å²) in [5, 5.41) is 12.0. The molecule has 0 saturated heterocycles. The highest BCUT2D eigenvalue weighted by Crippen LogP contribution is 2.22. The third-order valence-corrected chi connectivity index (χ3v) is 6.29. The second-order valence-electron chi connectivity index (χ2n) is 9.42. The van der Waals surface area contributed by atoms with Crippen molar-refractivity contribution in [2.45, 2.75) is 57.9 Å². The number of nitrogens with zero attached hydrogens (tertiary/aromatic N) is 2. The van der Waals surface area contributed by atoms with Crippen LogP contribution in [0.4, 0.5) is 10.5 Å². The number of sulfone groups is 1. The molecule has 1 atom stereocenters. The number of ether oxygens (including phenoxy) is 1. The van der Waals surface area contributed by atoms with E-state index >= 15 is 0 Å². The number of rotatable bonds is 8. The monoisotopic (exact) mass is 514 g/mol. The molecule has 192 valence electrons. The first-order valence-corrected chi connectivity index (χ1v) is 12.9. The Hall–Kier alpha value is -3.73. The predicted molar refractivity (Wildman–Crippen MR) is 133 cm³/mol. The summed E-state index contributed by atoms with van der Waals surface area (Å²) in [6, 6.07) is 13.8. The number of hydrogen-bond acceptors (Lipinski definition) is 8. The van der Waals surface area contributed by atoms with E-state index in [1.165, 1.54) is 0 Å². The third kappa shape index (κ3) is 7.64. The lowest BCUT2D eigenvalue weighted by molar-refractivity contribution is -0.113. The average molecular weight is 515 g/mol. The fourth-order valence-electron chi connectivity index (χ4n) is 3.28. The van der Waals surface area contributed by atoms with Crippen molar-refractivity contribution in [3.63, 3.8) is 0 Å². The van der Waals surface area contributed by atoms with Crippen LogP contribution in [0.25, 0.3) is 0 Å². The lowest BCUT2D eigenvalue weighted by Crippen LogP contribution is -2.36. The third-order valence-electron chi connectivity index (χ3n) is 4.95. The van der Waals surface area contributed by atoms with Crippen LogP contribution in [0.15, 0.2) is 58.2 Å². The van der Waals surface area contributed by atoms with Gasteiger partial charge in [0.2, 0.25) is 21.6 Å². The summed E-state index contributed by atoms with van der Waals surface area (Å²) in [6.07, 6.45) is -0.478. The summed E-state index contributed by atoms with van der Waals surface area (Å²) in [7, 11) is -4.24. The number of carbonyl (C=O) groups excluding carboxylic acids is 2. The highest BCUT2D eigenvalue weighted by Gasteiger charge is 2.30. The highest BCUT2D eigenvalue weighted by atomic mass is 32.2. The minimum Gasteiger partial charge on any atom is -0.444 e. The van der Waals surface area contributed by atoms with E-state index in [1.807, 2.05) is 49.4 Å². The van der Waals surface area contributed by atoms with Gasteiger partial charge >= 0.3 is 11.3 Å². The number of aryl methyl sites for hydroxylation is 2. The molecule has 0 saturated carbocycles. The number of aromatic nitrogens is 2.